The number of nitrogens with one attached hydrogen (secondary N) is 1. The van der Waals surface area contributed by atoms with Crippen molar-refractivity contribution in [1.29, 1.82) is 0 Å². The topological polar surface area (TPSA) is 77.1 Å². The number of nitrogens with zero attached hydrogens (tertiary/aromatic N) is 2. The molecule has 0 aliphatic rings. The Labute approximate surface area is 152 Å². The van der Waals surface area contributed by atoms with Crippen molar-refractivity contribution in [2.45, 2.75) is 53.1 Å². The van der Waals surface area contributed by atoms with E-state index in [1.54, 1.807) is 6.07 Å². The highest BCUT2D eigenvalue weighted by atomic mass is 16.3. The molecule has 0 unspecified atom stereocenters. The Balaban J connectivity index is 1.85. The first-order valence-electron chi connectivity index (χ1n) is 8.73. The van der Waals surface area contributed by atoms with E-state index < -0.39 is 0 Å². The maximum atomic E-state index is 12.7. The van der Waals surface area contributed by atoms with Crippen LogP contribution in [0.4, 0.5) is 0 Å². The Morgan fingerprint density at radius 3 is 2.58 bits per heavy atom. The summed E-state index contributed by atoms with van der Waals surface area (Å²) in [6, 6.07) is 7.37. The summed E-state index contributed by atoms with van der Waals surface area (Å²) in [4.78, 5) is 29.5. The highest BCUT2D eigenvalue weighted by Gasteiger charge is 2.27. The lowest BCUT2D eigenvalue weighted by molar-refractivity contribution is -0.123. The summed E-state index contributed by atoms with van der Waals surface area (Å²) in [7, 11) is 0. The minimum atomic E-state index is -0.365. The van der Waals surface area contributed by atoms with Gasteiger partial charge in [-0.3, -0.25) is 14.2 Å². The number of amides is 1. The van der Waals surface area contributed by atoms with Crippen LogP contribution in [0.1, 0.15) is 41.0 Å². The third kappa shape index (κ3) is 3.79. The van der Waals surface area contributed by atoms with E-state index in [0.29, 0.717) is 11.1 Å². The molecule has 26 heavy (non-hydrogen) atoms. The van der Waals surface area contributed by atoms with Gasteiger partial charge < -0.3 is 9.73 Å². The van der Waals surface area contributed by atoms with E-state index >= 15 is 0 Å². The Bertz CT molecular complexity index is 1020. The number of hydrogen-bond acceptors (Lipinski definition) is 4. The molecule has 0 radical (unpaired) electrons. The van der Waals surface area contributed by atoms with Crippen LogP contribution in [0.2, 0.25) is 0 Å². The van der Waals surface area contributed by atoms with Gasteiger partial charge in [-0.2, -0.15) is 0 Å². The summed E-state index contributed by atoms with van der Waals surface area (Å²) in [5.41, 5.74) is 0.680. The molecule has 1 aromatic carbocycles. The molecular formula is C20H25N3O3. The third-order valence-electron chi connectivity index (χ3n) is 4.11. The van der Waals surface area contributed by atoms with Crippen molar-refractivity contribution in [3.63, 3.8) is 0 Å². The molecule has 0 aliphatic carbocycles. The molecule has 138 valence electrons. The average Bonchev–Trinajstić information content (AvgIpc) is 2.86. The number of benzene rings is 1. The van der Waals surface area contributed by atoms with E-state index in [4.69, 9.17) is 4.42 Å². The lowest BCUT2D eigenvalue weighted by atomic mass is 9.82. The molecule has 0 saturated carbocycles. The molecule has 1 amide bonds. The van der Waals surface area contributed by atoms with Crippen LogP contribution in [0.25, 0.3) is 22.1 Å². The standard InChI is InChI=1S/C20H25N3O3/c1-19(2,3)11-20(4,5)22-15(24)10-23-12-21-16-13-8-6-7-9-14(13)26-17(16)18(23)25/h6-9,12H,10-11H2,1-5H3,(H,22,24). The molecule has 2 aromatic heterocycles. The highest BCUT2D eigenvalue weighted by molar-refractivity contribution is 6.01. The quantitative estimate of drug-likeness (QED) is 0.777. The van der Waals surface area contributed by atoms with Crippen molar-refractivity contribution in [3.8, 4) is 0 Å². The average molecular weight is 355 g/mol. The van der Waals surface area contributed by atoms with E-state index in [1.807, 2.05) is 32.0 Å². The van der Waals surface area contributed by atoms with E-state index in [-0.39, 0.29) is 34.5 Å². The predicted octanol–water partition coefficient (Wildman–Crippen LogP) is 3.47. The number of para-hydroxylation sites is 1. The molecular weight excluding hydrogens is 330 g/mol. The molecule has 0 bridgehead atoms. The number of fused-ring (bicyclic) bond motifs is 3. The normalized spacial score (nSPS) is 12.7. The molecule has 3 aromatic rings. The summed E-state index contributed by atoms with van der Waals surface area (Å²) in [5.74, 6) is -0.224. The maximum absolute atomic E-state index is 12.7. The van der Waals surface area contributed by atoms with Gasteiger partial charge in [-0.05, 0) is 37.8 Å². The summed E-state index contributed by atoms with van der Waals surface area (Å²) in [6.07, 6.45) is 2.23. The molecule has 1 N–H and O–H groups in total. The van der Waals surface area contributed by atoms with Gasteiger partial charge in [-0.15, -0.1) is 0 Å². The van der Waals surface area contributed by atoms with Crippen molar-refractivity contribution in [1.82, 2.24) is 14.9 Å². The second-order valence-corrected chi connectivity index (χ2v) is 8.62. The van der Waals surface area contributed by atoms with Gasteiger partial charge in [-0.25, -0.2) is 4.98 Å². The Kier molecular flexibility index (Phi) is 4.38. The van der Waals surface area contributed by atoms with E-state index in [1.165, 1.54) is 10.9 Å². The molecule has 2 heterocycles. The zero-order chi connectivity index (χ0) is 19.1. The molecule has 0 saturated heterocycles. The van der Waals surface area contributed by atoms with Crippen molar-refractivity contribution in [2.75, 3.05) is 0 Å². The molecule has 6 heteroatoms. The van der Waals surface area contributed by atoms with Gasteiger partial charge in [0.1, 0.15) is 17.6 Å². The summed E-state index contributed by atoms with van der Waals surface area (Å²) < 4.78 is 6.93. The molecule has 0 fully saturated rings. The SMILES string of the molecule is CC(C)(C)CC(C)(C)NC(=O)Cn1cnc2c(oc3ccccc32)c1=O. The number of carbonyl (C=O) groups excluding carboxylic acids is 1. The van der Waals surface area contributed by atoms with Gasteiger partial charge in [0.05, 0.1) is 6.33 Å². The zero-order valence-electron chi connectivity index (χ0n) is 15.9. The number of rotatable bonds is 4. The predicted molar refractivity (Wildman–Crippen MR) is 102 cm³/mol. The number of furan rings is 1. The molecule has 3 rings (SSSR count). The third-order valence-corrected chi connectivity index (χ3v) is 4.11. The fraction of sp³-hybridized carbons (Fsp3) is 0.450. The van der Waals surface area contributed by atoms with Gasteiger partial charge in [0.25, 0.3) is 5.56 Å². The van der Waals surface area contributed by atoms with Crippen LogP contribution < -0.4 is 10.9 Å². The Morgan fingerprint density at radius 2 is 1.88 bits per heavy atom. The number of carbonyl (C=O) groups is 1. The smallest absolute Gasteiger partial charge is 0.297 e. The number of aromatic nitrogens is 2. The largest absolute Gasteiger partial charge is 0.448 e. The molecule has 0 atom stereocenters. The van der Waals surface area contributed by atoms with Crippen LogP contribution in [-0.4, -0.2) is 21.0 Å². The first-order valence-corrected chi connectivity index (χ1v) is 8.73. The van der Waals surface area contributed by atoms with Gasteiger partial charge in [0, 0.05) is 10.9 Å². The second-order valence-electron chi connectivity index (χ2n) is 8.62. The Morgan fingerprint density at radius 1 is 1.19 bits per heavy atom. The number of hydrogen-bond donors (Lipinski definition) is 1. The van der Waals surface area contributed by atoms with E-state index in [0.717, 1.165) is 11.8 Å². The highest BCUT2D eigenvalue weighted by Crippen LogP contribution is 2.27. The maximum Gasteiger partial charge on any atom is 0.297 e. The zero-order valence-corrected chi connectivity index (χ0v) is 15.9. The lowest BCUT2D eigenvalue weighted by Crippen LogP contribution is -2.47. The van der Waals surface area contributed by atoms with Gasteiger partial charge >= 0.3 is 0 Å². The van der Waals surface area contributed by atoms with Crippen LogP contribution in [0, 0.1) is 5.41 Å². The second kappa shape index (κ2) is 6.27. The fourth-order valence-corrected chi connectivity index (χ4v) is 3.67. The van der Waals surface area contributed by atoms with E-state index in [9.17, 15) is 9.59 Å². The van der Waals surface area contributed by atoms with Gasteiger partial charge in [-0.1, -0.05) is 32.9 Å². The van der Waals surface area contributed by atoms with Crippen molar-refractivity contribution < 1.29 is 9.21 Å². The molecule has 0 spiro atoms. The fourth-order valence-electron chi connectivity index (χ4n) is 3.67. The van der Waals surface area contributed by atoms with Crippen LogP contribution >= 0.6 is 0 Å². The monoisotopic (exact) mass is 355 g/mol. The summed E-state index contributed by atoms with van der Waals surface area (Å²) in [6.45, 7) is 10.3. The van der Waals surface area contributed by atoms with Crippen molar-refractivity contribution >= 4 is 28.0 Å². The van der Waals surface area contributed by atoms with Gasteiger partial charge in [0.2, 0.25) is 11.5 Å². The molecule has 6 nitrogen and oxygen atoms in total. The minimum Gasteiger partial charge on any atom is -0.448 e. The van der Waals surface area contributed by atoms with E-state index in [2.05, 4.69) is 31.1 Å². The van der Waals surface area contributed by atoms with Crippen LogP contribution in [0.15, 0.2) is 39.8 Å². The lowest BCUT2D eigenvalue weighted by Gasteiger charge is -2.33. The van der Waals surface area contributed by atoms with Crippen LogP contribution in [0.3, 0.4) is 0 Å². The van der Waals surface area contributed by atoms with Crippen molar-refractivity contribution in [3.05, 3.63) is 40.9 Å². The minimum absolute atomic E-state index is 0.0857. The van der Waals surface area contributed by atoms with Gasteiger partial charge in [0.15, 0.2) is 0 Å². The van der Waals surface area contributed by atoms with Crippen LogP contribution in [-0.2, 0) is 11.3 Å². The summed E-state index contributed by atoms with van der Waals surface area (Å²) >= 11 is 0. The Hall–Kier alpha value is -2.63. The first-order chi connectivity index (χ1) is 12.1. The first kappa shape index (κ1) is 18.2. The van der Waals surface area contributed by atoms with Crippen molar-refractivity contribution in [2.24, 2.45) is 5.41 Å². The van der Waals surface area contributed by atoms with Crippen LogP contribution in [0.5, 0.6) is 0 Å². The summed E-state index contributed by atoms with van der Waals surface area (Å²) in [5, 5.41) is 3.80. The molecule has 0 aliphatic heterocycles.